The molecular weight excluding hydrogens is 260 g/mol. The topological polar surface area (TPSA) is 50.3 Å². The van der Waals surface area contributed by atoms with Gasteiger partial charge in [0.1, 0.15) is 5.82 Å². The van der Waals surface area contributed by atoms with E-state index in [0.29, 0.717) is 6.04 Å². The summed E-state index contributed by atoms with van der Waals surface area (Å²) in [5.41, 5.74) is 1.05. The van der Waals surface area contributed by atoms with Gasteiger partial charge in [0.05, 0.1) is 18.3 Å². The molecule has 0 radical (unpaired) electrons. The van der Waals surface area contributed by atoms with Crippen LogP contribution in [0.4, 0.5) is 0 Å². The van der Waals surface area contributed by atoms with Gasteiger partial charge in [-0.15, -0.1) is 0 Å². The number of hydrogen-bond acceptors (Lipinski definition) is 6. The van der Waals surface area contributed by atoms with E-state index in [4.69, 9.17) is 4.74 Å². The molecule has 2 heterocycles. The number of nitrogens with zero attached hydrogens (tertiary/aromatic N) is 3. The molecule has 19 heavy (non-hydrogen) atoms. The highest BCUT2D eigenvalue weighted by Crippen LogP contribution is 2.25. The Hall–Kier alpha value is -0.690. The molecular formula is C13H22N4OS. The summed E-state index contributed by atoms with van der Waals surface area (Å²) in [4.78, 5) is 11.5. The van der Waals surface area contributed by atoms with Crippen LogP contribution in [0.15, 0.2) is 12.3 Å². The molecule has 2 rings (SSSR count). The van der Waals surface area contributed by atoms with Crippen LogP contribution in [0.3, 0.4) is 0 Å². The van der Waals surface area contributed by atoms with Crippen molar-refractivity contribution in [3.8, 4) is 0 Å². The minimum atomic E-state index is 0.345. The summed E-state index contributed by atoms with van der Waals surface area (Å²) < 4.78 is 5.01. The first-order valence-corrected chi connectivity index (χ1v) is 7.76. The second kappa shape index (κ2) is 7.79. The van der Waals surface area contributed by atoms with E-state index in [-0.39, 0.29) is 0 Å². The standard InChI is InChI=1S/C13H22N4OS/c1-17-6-8-19-10-12(17)13-15-4-3-11(16-13)9-14-5-7-18-2/h3-4,12,14H,5-10H2,1-2H3. The fourth-order valence-corrected chi connectivity index (χ4v) is 3.23. The Balaban J connectivity index is 1.94. The van der Waals surface area contributed by atoms with E-state index < -0.39 is 0 Å². The van der Waals surface area contributed by atoms with Crippen LogP contribution in [0.1, 0.15) is 17.6 Å². The van der Waals surface area contributed by atoms with Crippen molar-refractivity contribution in [2.75, 3.05) is 45.4 Å². The Kier molecular flexibility index (Phi) is 6.03. The van der Waals surface area contributed by atoms with Crippen molar-refractivity contribution in [2.45, 2.75) is 12.6 Å². The summed E-state index contributed by atoms with van der Waals surface area (Å²) in [6.45, 7) is 3.44. The van der Waals surface area contributed by atoms with Crippen LogP contribution < -0.4 is 5.32 Å². The minimum absolute atomic E-state index is 0.345. The van der Waals surface area contributed by atoms with Gasteiger partial charge in [0, 0.05) is 44.4 Å². The van der Waals surface area contributed by atoms with Crippen LogP contribution in [0, 0.1) is 0 Å². The molecule has 0 saturated carbocycles. The third-order valence-corrected chi connectivity index (χ3v) is 4.24. The average Bonchev–Trinajstić information content (AvgIpc) is 2.44. The maximum atomic E-state index is 5.01. The Bertz CT molecular complexity index is 391. The predicted molar refractivity (Wildman–Crippen MR) is 78.3 cm³/mol. The maximum Gasteiger partial charge on any atom is 0.146 e. The number of rotatable bonds is 6. The Morgan fingerprint density at radius 3 is 3.26 bits per heavy atom. The summed E-state index contributed by atoms with van der Waals surface area (Å²) in [6.07, 6.45) is 1.86. The molecule has 1 aromatic heterocycles. The molecule has 0 amide bonds. The molecule has 1 aliphatic rings. The van der Waals surface area contributed by atoms with Crippen molar-refractivity contribution < 1.29 is 4.74 Å². The lowest BCUT2D eigenvalue weighted by Gasteiger charge is -2.30. The molecule has 0 bridgehead atoms. The number of ether oxygens (including phenoxy) is 1. The third-order valence-electron chi connectivity index (χ3n) is 3.22. The molecule has 1 aliphatic heterocycles. The lowest BCUT2D eigenvalue weighted by atomic mass is 10.2. The van der Waals surface area contributed by atoms with E-state index in [1.54, 1.807) is 7.11 Å². The highest BCUT2D eigenvalue weighted by atomic mass is 32.2. The van der Waals surface area contributed by atoms with E-state index in [0.717, 1.165) is 43.5 Å². The molecule has 1 saturated heterocycles. The molecule has 1 aromatic rings. The third kappa shape index (κ3) is 4.42. The smallest absolute Gasteiger partial charge is 0.146 e. The summed E-state index contributed by atoms with van der Waals surface area (Å²) >= 11 is 1.98. The van der Waals surface area contributed by atoms with E-state index in [1.807, 2.05) is 24.0 Å². The van der Waals surface area contributed by atoms with Gasteiger partial charge in [-0.2, -0.15) is 11.8 Å². The van der Waals surface area contributed by atoms with Crippen molar-refractivity contribution in [3.05, 3.63) is 23.8 Å². The minimum Gasteiger partial charge on any atom is -0.383 e. The van der Waals surface area contributed by atoms with Gasteiger partial charge in [-0.05, 0) is 13.1 Å². The average molecular weight is 282 g/mol. The Labute approximate surface area is 119 Å². The molecule has 1 unspecified atom stereocenters. The summed E-state index contributed by atoms with van der Waals surface area (Å²) in [7, 11) is 3.86. The fraction of sp³-hybridized carbons (Fsp3) is 0.692. The van der Waals surface area contributed by atoms with Gasteiger partial charge >= 0.3 is 0 Å². The zero-order valence-corrected chi connectivity index (χ0v) is 12.4. The maximum absolute atomic E-state index is 5.01. The zero-order chi connectivity index (χ0) is 13.5. The molecule has 0 aliphatic carbocycles. The van der Waals surface area contributed by atoms with Crippen molar-refractivity contribution >= 4 is 11.8 Å². The summed E-state index contributed by atoms with van der Waals surface area (Å²) in [5, 5.41) is 3.31. The van der Waals surface area contributed by atoms with Crippen molar-refractivity contribution in [2.24, 2.45) is 0 Å². The predicted octanol–water partition coefficient (Wildman–Crippen LogP) is 0.932. The SMILES string of the molecule is COCCNCc1ccnc(C2CSCCN2C)n1. The van der Waals surface area contributed by atoms with Gasteiger partial charge in [0.25, 0.3) is 0 Å². The molecule has 6 heteroatoms. The van der Waals surface area contributed by atoms with Gasteiger partial charge < -0.3 is 10.1 Å². The van der Waals surface area contributed by atoms with Crippen LogP contribution in [0.25, 0.3) is 0 Å². The lowest BCUT2D eigenvalue weighted by molar-refractivity contribution is 0.199. The van der Waals surface area contributed by atoms with E-state index >= 15 is 0 Å². The quantitative estimate of drug-likeness (QED) is 0.784. The summed E-state index contributed by atoms with van der Waals surface area (Å²) in [6, 6.07) is 2.32. The Morgan fingerprint density at radius 1 is 1.58 bits per heavy atom. The van der Waals surface area contributed by atoms with Gasteiger partial charge in [0.15, 0.2) is 0 Å². The van der Waals surface area contributed by atoms with E-state index in [2.05, 4.69) is 27.2 Å². The van der Waals surface area contributed by atoms with Crippen LogP contribution >= 0.6 is 11.8 Å². The summed E-state index contributed by atoms with van der Waals surface area (Å²) in [5.74, 6) is 3.23. The van der Waals surface area contributed by atoms with Crippen molar-refractivity contribution in [1.29, 1.82) is 0 Å². The van der Waals surface area contributed by atoms with E-state index in [1.165, 1.54) is 5.75 Å². The normalized spacial score (nSPS) is 20.6. The second-order valence-corrected chi connectivity index (χ2v) is 5.80. The molecule has 5 nitrogen and oxygen atoms in total. The molecule has 0 aromatic carbocycles. The second-order valence-electron chi connectivity index (χ2n) is 4.65. The monoisotopic (exact) mass is 282 g/mol. The number of nitrogens with one attached hydrogen (secondary N) is 1. The van der Waals surface area contributed by atoms with Crippen molar-refractivity contribution in [3.63, 3.8) is 0 Å². The largest absolute Gasteiger partial charge is 0.383 e. The lowest BCUT2D eigenvalue weighted by Crippen LogP contribution is -2.34. The Morgan fingerprint density at radius 2 is 2.47 bits per heavy atom. The van der Waals surface area contributed by atoms with Crippen LogP contribution in [0.5, 0.6) is 0 Å². The van der Waals surface area contributed by atoms with Crippen LogP contribution in [-0.2, 0) is 11.3 Å². The highest BCUT2D eigenvalue weighted by molar-refractivity contribution is 7.99. The van der Waals surface area contributed by atoms with Crippen molar-refractivity contribution in [1.82, 2.24) is 20.2 Å². The first-order chi connectivity index (χ1) is 9.31. The highest BCUT2D eigenvalue weighted by Gasteiger charge is 2.23. The number of methoxy groups -OCH3 is 1. The van der Waals surface area contributed by atoms with Crippen LogP contribution in [0.2, 0.25) is 0 Å². The molecule has 0 spiro atoms. The number of aromatic nitrogens is 2. The zero-order valence-electron chi connectivity index (χ0n) is 11.6. The molecule has 1 N–H and O–H groups in total. The van der Waals surface area contributed by atoms with Crippen LogP contribution in [-0.4, -0.2) is 60.2 Å². The van der Waals surface area contributed by atoms with Gasteiger partial charge in [-0.3, -0.25) is 4.90 Å². The van der Waals surface area contributed by atoms with Gasteiger partial charge in [-0.25, -0.2) is 9.97 Å². The molecule has 1 fully saturated rings. The number of hydrogen-bond donors (Lipinski definition) is 1. The number of thioether (sulfide) groups is 1. The fourth-order valence-electron chi connectivity index (χ4n) is 2.02. The van der Waals surface area contributed by atoms with E-state index in [9.17, 15) is 0 Å². The molecule has 106 valence electrons. The van der Waals surface area contributed by atoms with Gasteiger partial charge in [0.2, 0.25) is 0 Å². The first kappa shape index (κ1) is 14.7. The molecule has 1 atom stereocenters. The first-order valence-electron chi connectivity index (χ1n) is 6.60. The van der Waals surface area contributed by atoms with Gasteiger partial charge in [-0.1, -0.05) is 0 Å².